The van der Waals surface area contributed by atoms with E-state index in [0.717, 1.165) is 0 Å². The van der Waals surface area contributed by atoms with E-state index in [1.807, 2.05) is 0 Å². The van der Waals surface area contributed by atoms with E-state index in [2.05, 4.69) is 55.0 Å². The fourth-order valence-corrected chi connectivity index (χ4v) is 5.29. The van der Waals surface area contributed by atoms with Gasteiger partial charge in [-0.15, -0.1) is 0 Å². The number of sulfonamides is 2. The fraction of sp³-hybridized carbons (Fsp3) is 0. The molecule has 0 spiro atoms. The van der Waals surface area contributed by atoms with Crippen LogP contribution in [0.15, 0.2) is 95.2 Å². The van der Waals surface area contributed by atoms with Crippen LogP contribution in [0.1, 0.15) is 0 Å². The van der Waals surface area contributed by atoms with Crippen LogP contribution in [0.4, 0.5) is 35.2 Å². The molecular formula is C23H18ClN11O4S2. The lowest BCUT2D eigenvalue weighted by Gasteiger charge is -2.10. The van der Waals surface area contributed by atoms with E-state index in [9.17, 15) is 16.8 Å². The molecule has 41 heavy (non-hydrogen) atoms. The van der Waals surface area contributed by atoms with E-state index < -0.39 is 20.0 Å². The molecule has 0 aliphatic heterocycles. The van der Waals surface area contributed by atoms with Gasteiger partial charge in [0.1, 0.15) is 0 Å². The number of halogens is 1. The lowest BCUT2D eigenvalue weighted by Crippen LogP contribution is -2.14. The standard InChI is InChI=1S/C23H18ClN11O4S2/c24-19-31-22(29-15-3-7-17(8-4-15)40(36,37)34-20-25-11-1-12-26-20)33-23(32-19)30-16-5-9-18(10-6-16)41(38,39)35-21-27-13-2-14-28-21/h1-14H,(H,25,26,34)(H,27,28,35)(H2,29,30,31,32,33). The minimum atomic E-state index is -3.90. The highest BCUT2D eigenvalue weighted by Crippen LogP contribution is 2.22. The van der Waals surface area contributed by atoms with Crippen LogP contribution in [0.25, 0.3) is 0 Å². The Hall–Kier alpha value is -5.00. The van der Waals surface area contributed by atoms with E-state index in [1.165, 1.54) is 73.3 Å². The summed E-state index contributed by atoms with van der Waals surface area (Å²) in [7, 11) is -7.80. The maximum atomic E-state index is 12.6. The predicted molar refractivity (Wildman–Crippen MR) is 150 cm³/mol. The molecule has 0 fully saturated rings. The predicted octanol–water partition coefficient (Wildman–Crippen LogP) is 3.19. The second-order valence-corrected chi connectivity index (χ2v) is 11.6. The molecule has 18 heteroatoms. The summed E-state index contributed by atoms with van der Waals surface area (Å²) in [5.74, 6) is 0.0453. The number of rotatable bonds is 10. The van der Waals surface area contributed by atoms with Crippen LogP contribution >= 0.6 is 11.6 Å². The molecule has 3 aromatic heterocycles. The second-order valence-electron chi connectivity index (χ2n) is 7.91. The molecule has 5 rings (SSSR count). The van der Waals surface area contributed by atoms with Crippen LogP contribution in [-0.4, -0.2) is 51.7 Å². The molecule has 5 aromatic rings. The number of aromatic nitrogens is 7. The smallest absolute Gasteiger partial charge is 0.264 e. The van der Waals surface area contributed by atoms with Crippen molar-refractivity contribution in [1.29, 1.82) is 0 Å². The van der Waals surface area contributed by atoms with Crippen LogP contribution < -0.4 is 20.1 Å². The number of hydrogen-bond donors (Lipinski definition) is 4. The van der Waals surface area contributed by atoms with Gasteiger partial charge in [-0.3, -0.25) is 0 Å². The summed E-state index contributed by atoms with van der Waals surface area (Å²) in [6.07, 6.45) is 5.67. The quantitative estimate of drug-likeness (QED) is 0.179. The Labute approximate surface area is 238 Å². The van der Waals surface area contributed by atoms with Crippen molar-refractivity contribution in [2.24, 2.45) is 0 Å². The zero-order valence-electron chi connectivity index (χ0n) is 20.5. The Bertz CT molecular complexity index is 1730. The monoisotopic (exact) mass is 611 g/mol. The molecule has 15 nitrogen and oxygen atoms in total. The SMILES string of the molecule is O=S(=O)(Nc1ncccn1)c1ccc(Nc2nc(Cl)nc(Nc3ccc(S(=O)(=O)Nc4ncccn4)cc3)n2)cc1. The van der Waals surface area contributed by atoms with Crippen molar-refractivity contribution in [3.05, 3.63) is 90.7 Å². The van der Waals surface area contributed by atoms with Gasteiger partial charge in [0.2, 0.25) is 29.1 Å². The summed E-state index contributed by atoms with van der Waals surface area (Å²) >= 11 is 6.07. The zero-order chi connectivity index (χ0) is 28.9. The van der Waals surface area contributed by atoms with Crippen molar-refractivity contribution in [2.45, 2.75) is 9.79 Å². The van der Waals surface area contributed by atoms with Crippen LogP contribution in [0.5, 0.6) is 0 Å². The summed E-state index contributed by atoms with van der Waals surface area (Å²) in [6.45, 7) is 0. The van der Waals surface area contributed by atoms with Crippen molar-refractivity contribution in [3.63, 3.8) is 0 Å². The van der Waals surface area contributed by atoms with Gasteiger partial charge in [0, 0.05) is 36.2 Å². The summed E-state index contributed by atoms with van der Waals surface area (Å²) in [5, 5.41) is 5.73. The minimum Gasteiger partial charge on any atom is -0.324 e. The summed E-state index contributed by atoms with van der Waals surface area (Å²) in [4.78, 5) is 27.7. The van der Waals surface area contributed by atoms with Gasteiger partial charge >= 0.3 is 0 Å². The highest BCUT2D eigenvalue weighted by atomic mass is 35.5. The first kappa shape index (κ1) is 27.6. The fourth-order valence-electron chi connectivity index (χ4n) is 3.22. The molecule has 0 saturated heterocycles. The molecule has 0 atom stereocenters. The number of benzene rings is 2. The first-order valence-corrected chi connectivity index (χ1v) is 14.8. The third-order valence-corrected chi connectivity index (χ3v) is 7.89. The molecule has 0 unspecified atom stereocenters. The Morgan fingerprint density at radius 3 is 1.24 bits per heavy atom. The molecule has 3 heterocycles. The molecule has 0 aliphatic carbocycles. The van der Waals surface area contributed by atoms with Crippen LogP contribution in [-0.2, 0) is 20.0 Å². The van der Waals surface area contributed by atoms with Gasteiger partial charge in [0.25, 0.3) is 20.0 Å². The molecular weight excluding hydrogens is 594 g/mol. The lowest BCUT2D eigenvalue weighted by molar-refractivity contribution is 0.599. The first-order chi connectivity index (χ1) is 19.7. The largest absolute Gasteiger partial charge is 0.324 e. The van der Waals surface area contributed by atoms with Gasteiger partial charge in [0.05, 0.1) is 9.79 Å². The van der Waals surface area contributed by atoms with Gasteiger partial charge in [-0.25, -0.2) is 46.2 Å². The topological polar surface area (TPSA) is 207 Å². The minimum absolute atomic E-state index is 0.0107. The van der Waals surface area contributed by atoms with Gasteiger partial charge in [-0.1, -0.05) is 0 Å². The average Bonchev–Trinajstić information content (AvgIpc) is 2.94. The molecule has 0 radical (unpaired) electrons. The summed E-state index contributed by atoms with van der Waals surface area (Å²) in [6, 6.07) is 14.7. The number of nitrogens with zero attached hydrogens (tertiary/aromatic N) is 7. The Kier molecular flexibility index (Phi) is 7.81. The van der Waals surface area contributed by atoms with Gasteiger partial charge in [-0.2, -0.15) is 15.0 Å². The Balaban J connectivity index is 1.26. The van der Waals surface area contributed by atoms with Crippen molar-refractivity contribution in [3.8, 4) is 0 Å². The van der Waals surface area contributed by atoms with E-state index in [4.69, 9.17) is 11.6 Å². The van der Waals surface area contributed by atoms with Crippen molar-refractivity contribution < 1.29 is 16.8 Å². The molecule has 0 aliphatic rings. The van der Waals surface area contributed by atoms with E-state index in [1.54, 1.807) is 12.1 Å². The molecule has 0 amide bonds. The molecule has 2 aromatic carbocycles. The van der Waals surface area contributed by atoms with Crippen molar-refractivity contribution in [1.82, 2.24) is 34.9 Å². The Morgan fingerprint density at radius 1 is 0.512 bits per heavy atom. The molecule has 0 bridgehead atoms. The van der Waals surface area contributed by atoms with E-state index in [-0.39, 0.29) is 38.9 Å². The lowest BCUT2D eigenvalue weighted by atomic mass is 10.3. The van der Waals surface area contributed by atoms with E-state index >= 15 is 0 Å². The molecule has 0 saturated carbocycles. The Morgan fingerprint density at radius 2 is 0.878 bits per heavy atom. The summed E-state index contributed by atoms with van der Waals surface area (Å²) in [5.41, 5.74) is 0.940. The first-order valence-electron chi connectivity index (χ1n) is 11.4. The van der Waals surface area contributed by atoms with Gasteiger partial charge < -0.3 is 10.6 Å². The average molecular weight is 612 g/mol. The maximum absolute atomic E-state index is 12.6. The maximum Gasteiger partial charge on any atom is 0.264 e. The second kappa shape index (κ2) is 11.6. The third-order valence-electron chi connectivity index (χ3n) is 5.03. The van der Waals surface area contributed by atoms with Crippen LogP contribution in [0.3, 0.4) is 0 Å². The number of anilines is 6. The zero-order valence-corrected chi connectivity index (χ0v) is 22.9. The number of nitrogens with one attached hydrogen (secondary N) is 4. The number of hydrogen-bond acceptors (Lipinski definition) is 13. The van der Waals surface area contributed by atoms with E-state index in [0.29, 0.717) is 11.4 Å². The highest BCUT2D eigenvalue weighted by Gasteiger charge is 2.17. The normalized spacial score (nSPS) is 11.4. The molecule has 208 valence electrons. The van der Waals surface area contributed by atoms with Crippen molar-refractivity contribution >= 4 is 66.8 Å². The van der Waals surface area contributed by atoms with Crippen LogP contribution in [0.2, 0.25) is 5.28 Å². The van der Waals surface area contributed by atoms with Crippen molar-refractivity contribution in [2.75, 3.05) is 20.1 Å². The van der Waals surface area contributed by atoms with Crippen LogP contribution in [0, 0.1) is 0 Å². The third kappa shape index (κ3) is 7.15. The highest BCUT2D eigenvalue weighted by molar-refractivity contribution is 7.93. The van der Waals surface area contributed by atoms with Gasteiger partial charge in [0.15, 0.2) is 0 Å². The molecule has 4 N–H and O–H groups in total. The summed E-state index contributed by atoms with van der Waals surface area (Å²) < 4.78 is 54.9. The van der Waals surface area contributed by atoms with Gasteiger partial charge in [-0.05, 0) is 72.3 Å².